The van der Waals surface area contributed by atoms with Crippen molar-refractivity contribution in [3.8, 4) is 67.0 Å². The largest absolute Gasteiger partial charge is 0.310 e. The van der Waals surface area contributed by atoms with Crippen molar-refractivity contribution in [3.63, 3.8) is 0 Å². The highest BCUT2D eigenvalue weighted by Crippen LogP contribution is 2.40. The van der Waals surface area contributed by atoms with E-state index in [1.165, 1.54) is 116 Å². The summed E-state index contributed by atoms with van der Waals surface area (Å²) in [6.07, 6.45) is 0. The molecule has 2 nitrogen and oxygen atoms in total. The average Bonchev–Trinajstić information content (AvgIpc) is 3.90. The molecular formula is C60H43B3N2. The van der Waals surface area contributed by atoms with E-state index >= 15 is 0 Å². The van der Waals surface area contributed by atoms with Gasteiger partial charge in [-0.1, -0.05) is 192 Å². The first-order chi connectivity index (χ1) is 32.0. The van der Waals surface area contributed by atoms with Gasteiger partial charge in [0.15, 0.2) is 0 Å². The Morgan fingerprint density at radius 2 is 0.723 bits per heavy atom. The molecule has 0 radical (unpaired) electrons. The van der Waals surface area contributed by atoms with Crippen LogP contribution in [0.4, 0.5) is 0 Å². The fourth-order valence-electron chi connectivity index (χ4n) is 10.5. The molecule has 302 valence electrons. The predicted molar refractivity (Wildman–Crippen MR) is 287 cm³/mol. The third-order valence-electron chi connectivity index (χ3n) is 13.8. The maximum Gasteiger partial charge on any atom is 0.141 e. The summed E-state index contributed by atoms with van der Waals surface area (Å²) in [5, 5.41) is 5.08. The molecule has 12 rings (SSSR count). The molecule has 0 aliphatic rings. The van der Waals surface area contributed by atoms with Crippen LogP contribution in [0.2, 0.25) is 0 Å². The van der Waals surface area contributed by atoms with E-state index in [1.54, 1.807) is 0 Å². The van der Waals surface area contributed by atoms with Gasteiger partial charge >= 0.3 is 0 Å². The lowest BCUT2D eigenvalue weighted by molar-refractivity contribution is 1.18. The zero-order chi connectivity index (χ0) is 43.6. The lowest BCUT2D eigenvalue weighted by Crippen LogP contribution is -2.35. The highest BCUT2D eigenvalue weighted by Gasteiger charge is 2.24. The number of benzene rings is 10. The van der Waals surface area contributed by atoms with Gasteiger partial charge in [0, 0.05) is 38.4 Å². The van der Waals surface area contributed by atoms with Crippen LogP contribution in [0, 0.1) is 0 Å². The number of nitrogens with zero attached hydrogens (tertiary/aromatic N) is 2. The highest BCUT2D eigenvalue weighted by atomic mass is 15.0. The molecule has 0 atom stereocenters. The van der Waals surface area contributed by atoms with Gasteiger partial charge in [-0.05, 0) is 104 Å². The standard InChI is InChI=1S/C60H43B3N2/c61-57-54(45-31-36-52-50(37-45)49-19-10-11-21-51(49)64(52)46-32-27-42(28-33-46)39-15-6-2-7-16-39)58(62)59(63)60-56(57)55-48(44-25-23-41(24-26-44)38-13-4-1-5-14-38)20-12-22-53(55)65(60)47-34-29-43(30-35-47)40-17-8-3-9-18-40/h1-37H,61-63H2. The van der Waals surface area contributed by atoms with Gasteiger partial charge in [0.05, 0.1) is 16.6 Å². The third kappa shape index (κ3) is 6.38. The fraction of sp³-hybridized carbons (Fsp3) is 0. The molecule has 12 aromatic rings. The van der Waals surface area contributed by atoms with E-state index in [1.807, 2.05) is 0 Å². The molecule has 65 heavy (non-hydrogen) atoms. The van der Waals surface area contributed by atoms with Gasteiger partial charge < -0.3 is 9.13 Å². The molecular weight excluding hydrogens is 781 g/mol. The van der Waals surface area contributed by atoms with E-state index in [4.69, 9.17) is 0 Å². The lowest BCUT2D eigenvalue weighted by atomic mass is 9.69. The van der Waals surface area contributed by atoms with Gasteiger partial charge in [0.2, 0.25) is 0 Å². The Morgan fingerprint density at radius 3 is 1.31 bits per heavy atom. The number of para-hydroxylation sites is 1. The Balaban J connectivity index is 1.07. The van der Waals surface area contributed by atoms with Crippen molar-refractivity contribution in [2.24, 2.45) is 0 Å². The number of rotatable bonds is 7. The number of hydrogen-bond donors (Lipinski definition) is 0. The zero-order valence-electron chi connectivity index (χ0n) is 36.8. The van der Waals surface area contributed by atoms with Gasteiger partial charge in [-0.25, -0.2) is 0 Å². The minimum atomic E-state index is 1.15. The molecule has 5 heteroatoms. The van der Waals surface area contributed by atoms with Crippen molar-refractivity contribution in [2.75, 3.05) is 0 Å². The minimum absolute atomic E-state index is 1.15. The monoisotopic (exact) mass is 824 g/mol. The van der Waals surface area contributed by atoms with Gasteiger partial charge in [-0.15, -0.1) is 0 Å². The summed E-state index contributed by atoms with van der Waals surface area (Å²) < 4.78 is 4.93. The third-order valence-corrected chi connectivity index (χ3v) is 13.8. The van der Waals surface area contributed by atoms with Crippen molar-refractivity contribution in [1.29, 1.82) is 0 Å². The van der Waals surface area contributed by atoms with Crippen LogP contribution in [0.15, 0.2) is 224 Å². The van der Waals surface area contributed by atoms with Crippen molar-refractivity contribution >= 4 is 83.5 Å². The molecule has 0 aliphatic heterocycles. The maximum atomic E-state index is 2.51. The molecule has 2 heterocycles. The quantitative estimate of drug-likeness (QED) is 0.142. The van der Waals surface area contributed by atoms with E-state index < -0.39 is 0 Å². The molecule has 10 aromatic carbocycles. The van der Waals surface area contributed by atoms with E-state index in [0.29, 0.717) is 0 Å². The molecule has 0 amide bonds. The minimum Gasteiger partial charge on any atom is -0.310 e. The summed E-state index contributed by atoms with van der Waals surface area (Å²) in [6, 6.07) is 82.0. The number of aromatic nitrogens is 2. The van der Waals surface area contributed by atoms with Crippen LogP contribution >= 0.6 is 0 Å². The Labute approximate surface area is 382 Å². The summed E-state index contributed by atoms with van der Waals surface area (Å²) in [7, 11) is 7.00. The van der Waals surface area contributed by atoms with Crippen molar-refractivity contribution in [3.05, 3.63) is 224 Å². The molecule has 2 aromatic heterocycles. The van der Waals surface area contributed by atoms with Crippen LogP contribution in [0.25, 0.3) is 111 Å². The molecule has 0 aliphatic carbocycles. The fourth-order valence-corrected chi connectivity index (χ4v) is 10.5. The van der Waals surface area contributed by atoms with Gasteiger partial charge in [0.1, 0.15) is 23.5 Å². The van der Waals surface area contributed by atoms with E-state index in [0.717, 1.165) is 11.4 Å². The van der Waals surface area contributed by atoms with Crippen molar-refractivity contribution < 1.29 is 0 Å². The first kappa shape index (κ1) is 38.7. The Morgan fingerprint density at radius 1 is 0.277 bits per heavy atom. The van der Waals surface area contributed by atoms with E-state index in [9.17, 15) is 0 Å². The SMILES string of the molecule is Bc1c(-c2ccc3c(c2)c2ccccc2n3-c2ccc(-c3ccccc3)cc2)c(B)c2c3c(-c4ccc(-c5ccccc5)cc4)cccc3n(-c3ccc(-c4ccccc4)cc3)c2c1B. The summed E-state index contributed by atoms with van der Waals surface area (Å²) >= 11 is 0. The molecule has 0 spiro atoms. The summed E-state index contributed by atoms with van der Waals surface area (Å²) in [5.74, 6) is 0. The Kier molecular flexibility index (Phi) is 9.31. The summed E-state index contributed by atoms with van der Waals surface area (Å²) in [5.41, 5.74) is 23.3. The van der Waals surface area contributed by atoms with E-state index in [-0.39, 0.29) is 0 Å². The number of hydrogen-bond acceptors (Lipinski definition) is 0. The van der Waals surface area contributed by atoms with Crippen LogP contribution in [-0.4, -0.2) is 32.7 Å². The van der Waals surface area contributed by atoms with Gasteiger partial charge in [0.25, 0.3) is 0 Å². The first-order valence-corrected chi connectivity index (χ1v) is 22.6. The molecule has 0 fully saturated rings. The number of fused-ring (bicyclic) bond motifs is 6. The van der Waals surface area contributed by atoms with Crippen LogP contribution < -0.4 is 16.4 Å². The average molecular weight is 824 g/mol. The smallest absolute Gasteiger partial charge is 0.141 e. The normalized spacial score (nSPS) is 11.6. The van der Waals surface area contributed by atoms with Crippen LogP contribution in [0.1, 0.15) is 0 Å². The van der Waals surface area contributed by atoms with Crippen molar-refractivity contribution in [1.82, 2.24) is 9.13 Å². The Bertz CT molecular complexity index is 3740. The highest BCUT2D eigenvalue weighted by molar-refractivity contribution is 6.60. The van der Waals surface area contributed by atoms with Gasteiger partial charge in [-0.3, -0.25) is 0 Å². The Hall–Kier alpha value is -8.01. The van der Waals surface area contributed by atoms with E-state index in [2.05, 4.69) is 257 Å². The van der Waals surface area contributed by atoms with Crippen LogP contribution in [-0.2, 0) is 0 Å². The summed E-state index contributed by atoms with van der Waals surface area (Å²) in [4.78, 5) is 0. The second-order valence-corrected chi connectivity index (χ2v) is 17.4. The van der Waals surface area contributed by atoms with Crippen LogP contribution in [0.5, 0.6) is 0 Å². The van der Waals surface area contributed by atoms with Gasteiger partial charge in [-0.2, -0.15) is 0 Å². The van der Waals surface area contributed by atoms with Crippen LogP contribution in [0.3, 0.4) is 0 Å². The lowest BCUT2D eigenvalue weighted by Gasteiger charge is -2.19. The molecule has 0 unspecified atom stereocenters. The zero-order valence-corrected chi connectivity index (χ0v) is 36.8. The second kappa shape index (κ2) is 15.7. The molecule has 0 saturated heterocycles. The summed E-state index contributed by atoms with van der Waals surface area (Å²) in [6.45, 7) is 0. The molecule has 0 saturated carbocycles. The molecule has 0 bridgehead atoms. The predicted octanol–water partition coefficient (Wildman–Crippen LogP) is 11.0. The topological polar surface area (TPSA) is 9.86 Å². The second-order valence-electron chi connectivity index (χ2n) is 17.4. The first-order valence-electron chi connectivity index (χ1n) is 22.6. The maximum absolute atomic E-state index is 2.51. The molecule has 0 N–H and O–H groups in total. The van der Waals surface area contributed by atoms with Crippen molar-refractivity contribution in [2.45, 2.75) is 0 Å².